The molecule has 0 aromatic heterocycles. The summed E-state index contributed by atoms with van der Waals surface area (Å²) in [6, 6.07) is 0. The van der Waals surface area contributed by atoms with Crippen molar-refractivity contribution in [1.29, 1.82) is 0 Å². The number of aliphatic carboxylic acids is 1. The van der Waals surface area contributed by atoms with E-state index in [4.69, 9.17) is 19.7 Å². The maximum atomic E-state index is 10.8. The smallest absolute Gasteiger partial charge is 0.335 e. The van der Waals surface area contributed by atoms with Crippen LogP contribution in [-0.2, 0) is 14.3 Å². The lowest BCUT2D eigenvalue weighted by atomic mass is 9.80. The van der Waals surface area contributed by atoms with Gasteiger partial charge in [-0.3, -0.25) is 0 Å². The van der Waals surface area contributed by atoms with Crippen molar-refractivity contribution in [3.63, 3.8) is 0 Å². The molecule has 31 heavy (non-hydrogen) atoms. The normalized spacial score (nSPS) is 41.1. The van der Waals surface area contributed by atoms with Crippen LogP contribution in [0.5, 0.6) is 0 Å². The SMILES string of the molecule is C.CC(C)(C)C1O[C@H](C(=O)O)C(O)[C@H](O)C1O.CC(C)C1O[C@H](CO)C(O)[C@H](C)C1O. The molecule has 0 amide bonds. The fourth-order valence-corrected chi connectivity index (χ4v) is 3.70. The van der Waals surface area contributed by atoms with Crippen molar-refractivity contribution in [2.24, 2.45) is 17.3 Å². The second-order valence-electron chi connectivity index (χ2n) is 9.56. The molecule has 0 aliphatic carbocycles. The Labute approximate surface area is 184 Å². The van der Waals surface area contributed by atoms with Gasteiger partial charge in [-0.25, -0.2) is 4.79 Å². The third-order valence-electron chi connectivity index (χ3n) is 5.67. The fourth-order valence-electron chi connectivity index (χ4n) is 3.70. The van der Waals surface area contributed by atoms with Gasteiger partial charge in [-0.2, -0.15) is 0 Å². The van der Waals surface area contributed by atoms with Crippen LogP contribution in [0, 0.1) is 17.3 Å². The number of ether oxygens (including phenoxy) is 2. The predicted molar refractivity (Wildman–Crippen MR) is 112 cm³/mol. The number of rotatable bonds is 3. The summed E-state index contributed by atoms with van der Waals surface area (Å²) in [6.07, 6.45) is -9.10. The number of carboxylic acids is 1. The largest absolute Gasteiger partial charge is 0.479 e. The molecule has 0 aromatic rings. The molecule has 6 unspecified atom stereocenters. The van der Waals surface area contributed by atoms with Gasteiger partial charge in [0.2, 0.25) is 0 Å². The zero-order chi connectivity index (χ0) is 23.5. The molecule has 2 saturated heterocycles. The molecule has 0 spiro atoms. The highest BCUT2D eigenvalue weighted by Crippen LogP contribution is 2.33. The molecule has 0 radical (unpaired) electrons. The molecule has 7 N–H and O–H groups in total. The number of carboxylic acid groups (broad SMARTS) is 1. The Morgan fingerprint density at radius 1 is 0.903 bits per heavy atom. The van der Waals surface area contributed by atoms with E-state index in [9.17, 15) is 30.3 Å². The first-order valence-corrected chi connectivity index (χ1v) is 10.2. The molecule has 0 bridgehead atoms. The number of aliphatic hydroxyl groups is 6. The summed E-state index contributed by atoms with van der Waals surface area (Å²) >= 11 is 0. The third-order valence-corrected chi connectivity index (χ3v) is 5.67. The maximum Gasteiger partial charge on any atom is 0.335 e. The van der Waals surface area contributed by atoms with Crippen LogP contribution in [0.4, 0.5) is 0 Å². The van der Waals surface area contributed by atoms with E-state index in [2.05, 4.69) is 0 Å². The summed E-state index contributed by atoms with van der Waals surface area (Å²) in [5.74, 6) is -1.44. The minimum atomic E-state index is -1.62. The molecule has 10 nitrogen and oxygen atoms in total. The fraction of sp³-hybridized carbons (Fsp3) is 0.952. The second-order valence-corrected chi connectivity index (χ2v) is 9.56. The molecule has 2 heterocycles. The van der Waals surface area contributed by atoms with Crippen LogP contribution in [0.15, 0.2) is 0 Å². The zero-order valence-electron chi connectivity index (χ0n) is 18.4. The summed E-state index contributed by atoms with van der Waals surface area (Å²) in [6.45, 7) is 10.7. The topological polar surface area (TPSA) is 177 Å². The number of hydrogen-bond donors (Lipinski definition) is 7. The Morgan fingerprint density at radius 2 is 1.42 bits per heavy atom. The van der Waals surface area contributed by atoms with Gasteiger partial charge in [-0.1, -0.05) is 49.0 Å². The molecule has 2 fully saturated rings. The molecule has 10 atom stereocenters. The van der Waals surface area contributed by atoms with E-state index >= 15 is 0 Å². The molecular formula is C21H42O10. The van der Waals surface area contributed by atoms with E-state index in [1.807, 2.05) is 13.8 Å². The summed E-state index contributed by atoms with van der Waals surface area (Å²) in [4.78, 5) is 10.8. The summed E-state index contributed by atoms with van der Waals surface area (Å²) in [5, 5.41) is 66.0. The molecule has 0 saturated carbocycles. The molecule has 2 aliphatic heterocycles. The first-order valence-electron chi connectivity index (χ1n) is 10.2. The van der Waals surface area contributed by atoms with Crippen LogP contribution in [-0.4, -0.2) is 103 Å². The Kier molecular flexibility index (Phi) is 11.5. The third kappa shape index (κ3) is 7.06. The molecule has 0 aromatic carbocycles. The molecule has 186 valence electrons. The van der Waals surface area contributed by atoms with Crippen molar-refractivity contribution in [2.45, 2.75) is 104 Å². The van der Waals surface area contributed by atoms with Gasteiger partial charge in [0.25, 0.3) is 0 Å². The predicted octanol–water partition coefficient (Wildman–Crippen LogP) is -0.637. The van der Waals surface area contributed by atoms with Gasteiger partial charge in [-0.15, -0.1) is 0 Å². The number of aliphatic hydroxyl groups excluding tert-OH is 6. The van der Waals surface area contributed by atoms with Crippen LogP contribution in [0.25, 0.3) is 0 Å². The van der Waals surface area contributed by atoms with E-state index in [1.165, 1.54) is 0 Å². The van der Waals surface area contributed by atoms with Crippen molar-refractivity contribution in [3.8, 4) is 0 Å². The lowest BCUT2D eigenvalue weighted by Crippen LogP contribution is -2.62. The molecule has 2 rings (SSSR count). The molecular weight excluding hydrogens is 412 g/mol. The standard InChI is InChI=1S/C10H18O6.C10H20O4.CH4/c1-10(2,3)8-6(13)4(11)5(12)7(16-8)9(14)15;1-5(2)10-9(13)6(3)8(12)7(4-11)14-10;/h4-8,11-13H,1-3H3,(H,14,15);5-13H,4H2,1-3H3;1H4/t4-,5?,6?,7-,8?;6-,7+,8?,9?,10?;/m00./s1. The Balaban J connectivity index is 0.000000567. The van der Waals surface area contributed by atoms with Crippen molar-refractivity contribution in [2.75, 3.05) is 6.61 Å². The Hall–Kier alpha value is -0.850. The van der Waals surface area contributed by atoms with Crippen LogP contribution in [0.2, 0.25) is 0 Å². The quantitative estimate of drug-likeness (QED) is 0.290. The Bertz CT molecular complexity index is 547. The average Bonchev–Trinajstić information content (AvgIpc) is 2.63. The van der Waals surface area contributed by atoms with Crippen LogP contribution in [0.1, 0.15) is 49.0 Å². The van der Waals surface area contributed by atoms with Crippen LogP contribution < -0.4 is 0 Å². The van der Waals surface area contributed by atoms with Gasteiger partial charge in [0.05, 0.1) is 31.0 Å². The number of carbonyl (C=O) groups is 1. The lowest BCUT2D eigenvalue weighted by molar-refractivity contribution is -0.246. The van der Waals surface area contributed by atoms with E-state index in [0.717, 1.165) is 0 Å². The maximum absolute atomic E-state index is 10.8. The van der Waals surface area contributed by atoms with Crippen molar-refractivity contribution in [1.82, 2.24) is 0 Å². The van der Waals surface area contributed by atoms with E-state index in [1.54, 1.807) is 27.7 Å². The Morgan fingerprint density at radius 3 is 1.81 bits per heavy atom. The summed E-state index contributed by atoms with van der Waals surface area (Å²) in [7, 11) is 0. The molecule has 10 heteroatoms. The highest BCUT2D eigenvalue weighted by Gasteiger charge is 2.50. The van der Waals surface area contributed by atoms with Crippen molar-refractivity contribution >= 4 is 5.97 Å². The summed E-state index contributed by atoms with van der Waals surface area (Å²) < 4.78 is 10.6. The van der Waals surface area contributed by atoms with E-state index < -0.39 is 60.2 Å². The van der Waals surface area contributed by atoms with Crippen molar-refractivity contribution < 1.29 is 50.0 Å². The van der Waals surface area contributed by atoms with E-state index in [-0.39, 0.29) is 32.0 Å². The monoisotopic (exact) mass is 454 g/mol. The first kappa shape index (κ1) is 30.1. The highest BCUT2D eigenvalue weighted by molar-refractivity contribution is 5.73. The zero-order valence-corrected chi connectivity index (χ0v) is 18.4. The van der Waals surface area contributed by atoms with Gasteiger partial charge in [-0.05, 0) is 11.3 Å². The van der Waals surface area contributed by atoms with Crippen LogP contribution >= 0.6 is 0 Å². The van der Waals surface area contributed by atoms with E-state index in [0.29, 0.717) is 0 Å². The van der Waals surface area contributed by atoms with Crippen molar-refractivity contribution in [3.05, 3.63) is 0 Å². The minimum Gasteiger partial charge on any atom is -0.479 e. The van der Waals surface area contributed by atoms with Crippen LogP contribution in [0.3, 0.4) is 0 Å². The first-order chi connectivity index (χ1) is 13.6. The van der Waals surface area contributed by atoms with Gasteiger partial charge >= 0.3 is 5.97 Å². The summed E-state index contributed by atoms with van der Waals surface area (Å²) in [5.41, 5.74) is -0.533. The average molecular weight is 455 g/mol. The second kappa shape index (κ2) is 11.9. The highest BCUT2D eigenvalue weighted by atomic mass is 16.6. The number of hydrogen-bond acceptors (Lipinski definition) is 9. The molecule has 2 aliphatic rings. The van der Waals surface area contributed by atoms with Gasteiger partial charge in [0, 0.05) is 5.92 Å². The minimum absolute atomic E-state index is 0. The van der Waals surface area contributed by atoms with Gasteiger partial charge in [0.1, 0.15) is 24.4 Å². The van der Waals surface area contributed by atoms with Gasteiger partial charge < -0.3 is 45.2 Å². The van der Waals surface area contributed by atoms with Gasteiger partial charge in [0.15, 0.2) is 6.10 Å². The lowest BCUT2D eigenvalue weighted by Gasteiger charge is -2.44.